The second-order valence-electron chi connectivity index (χ2n) is 7.26. The van der Waals surface area contributed by atoms with Crippen molar-refractivity contribution in [2.75, 3.05) is 16.8 Å². The highest BCUT2D eigenvalue weighted by molar-refractivity contribution is 7.11. The Labute approximate surface area is 189 Å². The predicted molar refractivity (Wildman–Crippen MR) is 129 cm³/mol. The third kappa shape index (κ3) is 3.44. The first kappa shape index (κ1) is 20.0. The number of nitrogens with zero attached hydrogens (tertiary/aromatic N) is 1. The Balaban J connectivity index is 1.61. The van der Waals surface area contributed by atoms with E-state index in [4.69, 9.17) is 4.74 Å². The van der Waals surface area contributed by atoms with Gasteiger partial charge in [-0.3, -0.25) is 9.59 Å². The molecule has 1 aromatic heterocycles. The average molecular weight is 441 g/mol. The number of hydrogen-bond acceptors (Lipinski definition) is 5. The number of nitrogens with one attached hydrogen (secondary N) is 1. The molecule has 0 fully saturated rings. The maximum Gasteiger partial charge on any atom is 0.282 e. The molecule has 32 heavy (non-hydrogen) atoms. The maximum atomic E-state index is 13.6. The number of rotatable bonds is 6. The Morgan fingerprint density at radius 1 is 0.906 bits per heavy atom. The van der Waals surface area contributed by atoms with Gasteiger partial charge in [-0.1, -0.05) is 48.5 Å². The van der Waals surface area contributed by atoms with Crippen LogP contribution < -0.4 is 15.0 Å². The van der Waals surface area contributed by atoms with E-state index in [1.165, 1.54) is 16.2 Å². The highest BCUT2D eigenvalue weighted by Crippen LogP contribution is 2.38. The Bertz CT molecular complexity index is 1350. The van der Waals surface area contributed by atoms with Crippen LogP contribution in [0.3, 0.4) is 0 Å². The van der Waals surface area contributed by atoms with Crippen LogP contribution in [0.2, 0.25) is 0 Å². The molecule has 158 valence electrons. The van der Waals surface area contributed by atoms with Gasteiger partial charge in [-0.2, -0.15) is 0 Å². The molecule has 0 radical (unpaired) electrons. The second-order valence-corrected chi connectivity index (χ2v) is 8.20. The molecular formula is C26H20N2O3S. The summed E-state index contributed by atoms with van der Waals surface area (Å²) in [5.74, 6) is -0.0210. The first-order valence-corrected chi connectivity index (χ1v) is 11.2. The van der Waals surface area contributed by atoms with Crippen LogP contribution in [0.25, 0.3) is 16.3 Å². The molecule has 5 nitrogen and oxygen atoms in total. The van der Waals surface area contributed by atoms with Gasteiger partial charge in [0.2, 0.25) is 0 Å². The highest BCUT2D eigenvalue weighted by atomic mass is 32.1. The zero-order valence-corrected chi connectivity index (χ0v) is 18.2. The fraction of sp³-hybridized carbons (Fsp3) is 0.0769. The van der Waals surface area contributed by atoms with Crippen LogP contribution in [-0.2, 0) is 9.59 Å². The normalized spacial score (nSPS) is 13.8. The Morgan fingerprint density at radius 2 is 1.72 bits per heavy atom. The summed E-state index contributed by atoms with van der Waals surface area (Å²) >= 11 is 1.43. The minimum atomic E-state index is -0.378. The van der Waals surface area contributed by atoms with Crippen LogP contribution in [0.15, 0.2) is 89.9 Å². The molecule has 1 N–H and O–H groups in total. The third-order valence-electron chi connectivity index (χ3n) is 5.27. The summed E-state index contributed by atoms with van der Waals surface area (Å²) in [7, 11) is 0. The summed E-state index contributed by atoms with van der Waals surface area (Å²) in [6, 6.07) is 24.5. The van der Waals surface area contributed by atoms with Gasteiger partial charge in [0.15, 0.2) is 0 Å². The largest absolute Gasteiger partial charge is 0.494 e. The molecule has 0 saturated heterocycles. The number of ether oxygens (including phenoxy) is 1. The molecule has 0 bridgehead atoms. The Morgan fingerprint density at radius 3 is 2.53 bits per heavy atom. The van der Waals surface area contributed by atoms with Gasteiger partial charge >= 0.3 is 0 Å². The number of imide groups is 1. The highest BCUT2D eigenvalue weighted by Gasteiger charge is 2.41. The molecule has 0 aliphatic carbocycles. The molecule has 0 spiro atoms. The molecule has 5 rings (SSSR count). The van der Waals surface area contributed by atoms with Gasteiger partial charge in [-0.25, -0.2) is 4.90 Å². The summed E-state index contributed by atoms with van der Waals surface area (Å²) in [4.78, 5) is 29.3. The van der Waals surface area contributed by atoms with E-state index in [0.29, 0.717) is 29.3 Å². The van der Waals surface area contributed by atoms with Crippen molar-refractivity contribution in [2.45, 2.75) is 6.92 Å². The second kappa shape index (κ2) is 8.32. The van der Waals surface area contributed by atoms with Crippen LogP contribution in [0, 0.1) is 0 Å². The van der Waals surface area contributed by atoms with Crippen LogP contribution in [0.5, 0.6) is 5.75 Å². The first-order chi connectivity index (χ1) is 15.7. The fourth-order valence-corrected chi connectivity index (χ4v) is 4.66. The van der Waals surface area contributed by atoms with Crippen molar-refractivity contribution < 1.29 is 14.3 Å². The standard InChI is InChI=1S/C26H20N2O3S/c1-2-31-19-11-6-10-18(16-19)27-24-23(22-14-7-15-32-22)25(29)28(26(24)30)21-13-5-9-17-8-3-4-12-20(17)21/h3-16,27H,2H2,1H3. The lowest BCUT2D eigenvalue weighted by Gasteiger charge is -2.17. The molecule has 3 aromatic carbocycles. The van der Waals surface area contributed by atoms with Gasteiger partial charge in [-0.05, 0) is 42.0 Å². The topological polar surface area (TPSA) is 58.6 Å². The predicted octanol–water partition coefficient (Wildman–Crippen LogP) is 5.70. The monoisotopic (exact) mass is 440 g/mol. The number of amides is 2. The van der Waals surface area contributed by atoms with Crippen molar-refractivity contribution in [1.29, 1.82) is 0 Å². The van der Waals surface area contributed by atoms with Crippen molar-refractivity contribution in [3.05, 3.63) is 94.8 Å². The van der Waals surface area contributed by atoms with E-state index >= 15 is 0 Å². The minimum Gasteiger partial charge on any atom is -0.494 e. The number of carbonyl (C=O) groups is 2. The summed E-state index contributed by atoms with van der Waals surface area (Å²) in [6.45, 7) is 2.46. The number of hydrogen-bond donors (Lipinski definition) is 1. The lowest BCUT2D eigenvalue weighted by Crippen LogP contribution is -2.32. The van der Waals surface area contributed by atoms with Crippen LogP contribution in [0.1, 0.15) is 11.8 Å². The number of carbonyl (C=O) groups excluding carboxylic acids is 2. The lowest BCUT2D eigenvalue weighted by atomic mass is 10.1. The van der Waals surface area contributed by atoms with Crippen LogP contribution >= 0.6 is 11.3 Å². The molecule has 0 atom stereocenters. The zero-order chi connectivity index (χ0) is 22.1. The molecule has 6 heteroatoms. The van der Waals surface area contributed by atoms with E-state index in [0.717, 1.165) is 15.6 Å². The van der Waals surface area contributed by atoms with Gasteiger partial charge in [-0.15, -0.1) is 11.3 Å². The van der Waals surface area contributed by atoms with Crippen molar-refractivity contribution in [2.24, 2.45) is 0 Å². The minimum absolute atomic E-state index is 0.263. The zero-order valence-electron chi connectivity index (χ0n) is 17.4. The Hall–Kier alpha value is -3.90. The van der Waals surface area contributed by atoms with E-state index in [9.17, 15) is 9.59 Å². The SMILES string of the molecule is CCOc1cccc(NC2=C(c3cccs3)C(=O)N(c3cccc4ccccc34)C2=O)c1. The van der Waals surface area contributed by atoms with E-state index in [2.05, 4.69) is 5.32 Å². The first-order valence-electron chi connectivity index (χ1n) is 10.3. The fourth-order valence-electron chi connectivity index (χ4n) is 3.89. The quantitative estimate of drug-likeness (QED) is 0.391. The third-order valence-corrected chi connectivity index (χ3v) is 6.16. The molecule has 4 aromatic rings. The molecule has 1 aliphatic rings. The van der Waals surface area contributed by atoms with Gasteiger partial charge in [0.1, 0.15) is 11.4 Å². The number of benzene rings is 3. The van der Waals surface area contributed by atoms with Gasteiger partial charge in [0.25, 0.3) is 11.8 Å². The van der Waals surface area contributed by atoms with E-state index in [1.807, 2.05) is 91.2 Å². The average Bonchev–Trinajstić information content (AvgIpc) is 3.41. The van der Waals surface area contributed by atoms with Gasteiger partial charge < -0.3 is 10.1 Å². The van der Waals surface area contributed by atoms with Crippen LogP contribution in [0.4, 0.5) is 11.4 Å². The van der Waals surface area contributed by atoms with Gasteiger partial charge in [0, 0.05) is 22.0 Å². The van der Waals surface area contributed by atoms with E-state index in [-0.39, 0.29) is 17.5 Å². The number of thiophene rings is 1. The number of fused-ring (bicyclic) bond motifs is 1. The van der Waals surface area contributed by atoms with Crippen molar-refractivity contribution in [3.8, 4) is 5.75 Å². The van der Waals surface area contributed by atoms with Crippen molar-refractivity contribution >= 4 is 50.9 Å². The smallest absolute Gasteiger partial charge is 0.282 e. The summed E-state index contributed by atoms with van der Waals surface area (Å²) in [5.41, 5.74) is 1.90. The van der Waals surface area contributed by atoms with E-state index in [1.54, 1.807) is 0 Å². The Kier molecular flexibility index (Phi) is 5.21. The van der Waals surface area contributed by atoms with Crippen molar-refractivity contribution in [1.82, 2.24) is 0 Å². The molecule has 0 saturated carbocycles. The molecule has 1 aliphatic heterocycles. The maximum absolute atomic E-state index is 13.6. The summed E-state index contributed by atoms with van der Waals surface area (Å²) in [6.07, 6.45) is 0. The molecule has 2 amide bonds. The lowest BCUT2D eigenvalue weighted by molar-refractivity contribution is -0.120. The van der Waals surface area contributed by atoms with E-state index < -0.39 is 0 Å². The van der Waals surface area contributed by atoms with Gasteiger partial charge in [0.05, 0.1) is 17.9 Å². The molecule has 0 unspecified atom stereocenters. The summed E-state index contributed by atoms with van der Waals surface area (Å²) < 4.78 is 5.58. The van der Waals surface area contributed by atoms with Crippen molar-refractivity contribution in [3.63, 3.8) is 0 Å². The number of anilines is 2. The molecular weight excluding hydrogens is 420 g/mol. The van der Waals surface area contributed by atoms with Crippen LogP contribution in [-0.4, -0.2) is 18.4 Å². The molecule has 2 heterocycles. The summed E-state index contributed by atoms with van der Waals surface area (Å²) in [5, 5.41) is 6.91.